The van der Waals surface area contributed by atoms with Crippen LogP contribution in [0.25, 0.3) is 0 Å². The third-order valence-corrected chi connectivity index (χ3v) is 1.95. The maximum absolute atomic E-state index is 11.7. The van der Waals surface area contributed by atoms with Crippen LogP contribution in [0.3, 0.4) is 0 Å². The summed E-state index contributed by atoms with van der Waals surface area (Å²) in [4.78, 5) is 23.0. The SMILES string of the molecule is CNCC(NC)C(=O)CNC(=O)OC(C)(C)C. The smallest absolute Gasteiger partial charge is 0.408 e. The largest absolute Gasteiger partial charge is 0.444 e. The minimum atomic E-state index is -0.579. The quantitative estimate of drug-likeness (QED) is 0.608. The minimum absolute atomic E-state index is 0.0396. The standard InChI is InChI=1S/C11H23N3O3/c1-11(2,3)17-10(16)14-7-9(15)8(13-5)6-12-4/h8,12-13H,6-7H2,1-5H3,(H,14,16). The molecule has 0 saturated heterocycles. The number of alkyl carbamates (subject to hydrolysis) is 1. The molecule has 0 aliphatic heterocycles. The zero-order valence-corrected chi connectivity index (χ0v) is 11.2. The first-order valence-electron chi connectivity index (χ1n) is 5.61. The van der Waals surface area contributed by atoms with Crippen LogP contribution in [0.5, 0.6) is 0 Å². The van der Waals surface area contributed by atoms with Crippen molar-refractivity contribution in [2.75, 3.05) is 27.2 Å². The number of amides is 1. The highest BCUT2D eigenvalue weighted by atomic mass is 16.6. The van der Waals surface area contributed by atoms with Gasteiger partial charge in [0.25, 0.3) is 0 Å². The number of hydrogen-bond acceptors (Lipinski definition) is 5. The van der Waals surface area contributed by atoms with Gasteiger partial charge < -0.3 is 20.7 Å². The highest BCUT2D eigenvalue weighted by Gasteiger charge is 2.19. The first-order chi connectivity index (χ1) is 7.80. The van der Waals surface area contributed by atoms with Gasteiger partial charge in [-0.2, -0.15) is 0 Å². The van der Waals surface area contributed by atoms with Gasteiger partial charge in [0.15, 0.2) is 5.78 Å². The van der Waals surface area contributed by atoms with E-state index in [4.69, 9.17) is 4.74 Å². The fraction of sp³-hybridized carbons (Fsp3) is 0.818. The predicted octanol–water partition coefficient (Wildman–Crippen LogP) is -0.112. The molecule has 3 N–H and O–H groups in total. The van der Waals surface area contributed by atoms with E-state index in [1.54, 1.807) is 34.9 Å². The van der Waals surface area contributed by atoms with Crippen LogP contribution < -0.4 is 16.0 Å². The average Bonchev–Trinajstić information content (AvgIpc) is 2.20. The molecule has 0 saturated carbocycles. The highest BCUT2D eigenvalue weighted by molar-refractivity contribution is 5.88. The van der Waals surface area contributed by atoms with Crippen LogP contribution >= 0.6 is 0 Å². The molecular weight excluding hydrogens is 222 g/mol. The lowest BCUT2D eigenvalue weighted by Gasteiger charge is -2.20. The van der Waals surface area contributed by atoms with Gasteiger partial charge in [-0.3, -0.25) is 4.79 Å². The van der Waals surface area contributed by atoms with Crippen molar-refractivity contribution in [3.63, 3.8) is 0 Å². The molecule has 0 heterocycles. The topological polar surface area (TPSA) is 79.5 Å². The van der Waals surface area contributed by atoms with Gasteiger partial charge in [-0.25, -0.2) is 4.79 Å². The fourth-order valence-electron chi connectivity index (χ4n) is 1.18. The highest BCUT2D eigenvalue weighted by Crippen LogP contribution is 2.06. The third-order valence-electron chi connectivity index (χ3n) is 1.95. The van der Waals surface area contributed by atoms with Crippen molar-refractivity contribution < 1.29 is 14.3 Å². The molecule has 0 spiro atoms. The van der Waals surface area contributed by atoms with Gasteiger partial charge in [-0.05, 0) is 34.9 Å². The van der Waals surface area contributed by atoms with Crippen molar-refractivity contribution in [1.82, 2.24) is 16.0 Å². The number of carbonyl (C=O) groups excluding carboxylic acids is 2. The Bertz CT molecular complexity index is 261. The summed E-state index contributed by atoms with van der Waals surface area (Å²) < 4.78 is 5.02. The van der Waals surface area contributed by atoms with E-state index < -0.39 is 11.7 Å². The van der Waals surface area contributed by atoms with Gasteiger partial charge in [0.05, 0.1) is 12.6 Å². The number of ketones is 1. The molecule has 1 unspecified atom stereocenters. The lowest BCUT2D eigenvalue weighted by Crippen LogP contribution is -2.47. The first kappa shape index (κ1) is 15.9. The molecule has 1 atom stereocenters. The zero-order chi connectivity index (χ0) is 13.5. The van der Waals surface area contributed by atoms with Gasteiger partial charge in [0.1, 0.15) is 5.60 Å². The van der Waals surface area contributed by atoms with E-state index in [0.29, 0.717) is 6.54 Å². The maximum Gasteiger partial charge on any atom is 0.408 e. The minimum Gasteiger partial charge on any atom is -0.444 e. The predicted molar refractivity (Wildman–Crippen MR) is 66.0 cm³/mol. The van der Waals surface area contributed by atoms with Gasteiger partial charge in [0.2, 0.25) is 0 Å². The van der Waals surface area contributed by atoms with Gasteiger partial charge >= 0.3 is 6.09 Å². The van der Waals surface area contributed by atoms with E-state index in [-0.39, 0.29) is 18.4 Å². The second-order valence-electron chi connectivity index (χ2n) is 4.72. The maximum atomic E-state index is 11.7. The summed E-state index contributed by atoms with van der Waals surface area (Å²) in [5.74, 6) is -0.0901. The molecule has 6 heteroatoms. The van der Waals surface area contributed by atoms with Crippen molar-refractivity contribution >= 4 is 11.9 Å². The molecule has 0 fully saturated rings. The molecule has 0 aliphatic carbocycles. The Morgan fingerprint density at radius 1 is 1.24 bits per heavy atom. The van der Waals surface area contributed by atoms with Gasteiger partial charge in [-0.1, -0.05) is 0 Å². The van der Waals surface area contributed by atoms with E-state index in [1.807, 2.05) is 0 Å². The molecule has 0 aliphatic rings. The van der Waals surface area contributed by atoms with Gasteiger partial charge in [-0.15, -0.1) is 0 Å². The molecule has 17 heavy (non-hydrogen) atoms. The summed E-state index contributed by atoms with van der Waals surface area (Å²) in [5.41, 5.74) is -0.555. The summed E-state index contributed by atoms with van der Waals surface area (Å²) in [6.07, 6.45) is -0.579. The monoisotopic (exact) mass is 245 g/mol. The lowest BCUT2D eigenvalue weighted by atomic mass is 10.2. The van der Waals surface area contributed by atoms with Crippen LogP contribution in [0, 0.1) is 0 Å². The molecule has 0 bridgehead atoms. The summed E-state index contributed by atoms with van der Waals surface area (Å²) >= 11 is 0. The second-order valence-corrected chi connectivity index (χ2v) is 4.72. The van der Waals surface area contributed by atoms with Crippen LogP contribution in [0.2, 0.25) is 0 Å². The zero-order valence-electron chi connectivity index (χ0n) is 11.2. The number of likely N-dealkylation sites (N-methyl/N-ethyl adjacent to an activating group) is 2. The van der Waals surface area contributed by atoms with E-state index in [2.05, 4.69) is 16.0 Å². The Balaban J connectivity index is 4.02. The normalized spacial score (nSPS) is 13.0. The van der Waals surface area contributed by atoms with Crippen molar-refractivity contribution in [2.45, 2.75) is 32.4 Å². The van der Waals surface area contributed by atoms with Crippen molar-refractivity contribution in [3.05, 3.63) is 0 Å². The number of hydrogen-bond donors (Lipinski definition) is 3. The van der Waals surface area contributed by atoms with Crippen molar-refractivity contribution in [2.24, 2.45) is 0 Å². The third kappa shape index (κ3) is 7.70. The number of rotatable bonds is 6. The summed E-state index contributed by atoms with van der Waals surface area (Å²) in [6.45, 7) is 5.79. The second kappa shape index (κ2) is 7.24. The molecule has 0 aromatic heterocycles. The van der Waals surface area contributed by atoms with Gasteiger partial charge in [0, 0.05) is 6.54 Å². The molecule has 0 rings (SSSR count). The number of Topliss-reactive ketones (excluding diaryl/α,β-unsaturated/α-hetero) is 1. The number of nitrogens with one attached hydrogen (secondary N) is 3. The Kier molecular flexibility index (Phi) is 6.75. The van der Waals surface area contributed by atoms with Crippen LogP contribution in [0.1, 0.15) is 20.8 Å². The van der Waals surface area contributed by atoms with E-state index in [9.17, 15) is 9.59 Å². The van der Waals surface area contributed by atoms with Crippen LogP contribution in [0.4, 0.5) is 4.79 Å². The molecule has 1 amide bonds. The Morgan fingerprint density at radius 3 is 2.24 bits per heavy atom. The van der Waals surface area contributed by atoms with Crippen molar-refractivity contribution in [3.8, 4) is 0 Å². The van der Waals surface area contributed by atoms with Crippen molar-refractivity contribution in [1.29, 1.82) is 0 Å². The molecular formula is C11H23N3O3. The molecule has 0 radical (unpaired) electrons. The number of carbonyl (C=O) groups is 2. The van der Waals surface area contributed by atoms with E-state index >= 15 is 0 Å². The van der Waals surface area contributed by atoms with Crippen LogP contribution in [-0.2, 0) is 9.53 Å². The average molecular weight is 245 g/mol. The molecule has 0 aromatic rings. The Labute approximate surface area is 102 Å². The van der Waals surface area contributed by atoms with E-state index in [0.717, 1.165) is 0 Å². The fourth-order valence-corrected chi connectivity index (χ4v) is 1.18. The first-order valence-corrected chi connectivity index (χ1v) is 5.61. The molecule has 0 aromatic carbocycles. The Hall–Kier alpha value is -1.14. The van der Waals surface area contributed by atoms with Crippen LogP contribution in [0.15, 0.2) is 0 Å². The molecule has 6 nitrogen and oxygen atoms in total. The van der Waals surface area contributed by atoms with E-state index in [1.165, 1.54) is 0 Å². The summed E-state index contributed by atoms with van der Waals surface area (Å²) in [5, 5.41) is 8.20. The summed E-state index contributed by atoms with van der Waals surface area (Å²) in [7, 11) is 3.46. The van der Waals surface area contributed by atoms with Crippen LogP contribution in [-0.4, -0.2) is 50.7 Å². The number of ether oxygens (including phenoxy) is 1. The lowest BCUT2D eigenvalue weighted by molar-refractivity contribution is -0.120. The Morgan fingerprint density at radius 2 is 1.82 bits per heavy atom. The summed E-state index contributed by atoms with van der Waals surface area (Å²) in [6, 6.07) is -0.310. The molecule has 100 valence electrons.